The standard InChI is InChI=1S/C14H15N/c1-4-12-7-5-8-13(11(2)3)14(12)9-6-10-15/h4-5,7-8H,1-2,6,9H2,3H3. The van der Waals surface area contributed by atoms with Gasteiger partial charge in [0.05, 0.1) is 6.07 Å². The summed E-state index contributed by atoms with van der Waals surface area (Å²) in [7, 11) is 0. The molecule has 0 unspecified atom stereocenters. The molecule has 0 N–H and O–H groups in total. The zero-order valence-electron chi connectivity index (χ0n) is 9.09. The smallest absolute Gasteiger partial charge is 0.0625 e. The van der Waals surface area contributed by atoms with Crippen LogP contribution in [0.1, 0.15) is 30.0 Å². The van der Waals surface area contributed by atoms with Crippen LogP contribution in [0.5, 0.6) is 0 Å². The van der Waals surface area contributed by atoms with Gasteiger partial charge in [-0.05, 0) is 30.0 Å². The molecule has 0 aliphatic heterocycles. The lowest BCUT2D eigenvalue weighted by atomic mass is 9.94. The number of benzene rings is 1. The second-order valence-corrected chi connectivity index (χ2v) is 3.52. The highest BCUT2D eigenvalue weighted by molar-refractivity contribution is 5.69. The molecule has 0 saturated heterocycles. The zero-order valence-corrected chi connectivity index (χ0v) is 9.09. The predicted molar refractivity (Wildman–Crippen MR) is 65.2 cm³/mol. The van der Waals surface area contributed by atoms with Gasteiger partial charge in [0, 0.05) is 6.42 Å². The first-order valence-electron chi connectivity index (χ1n) is 4.98. The molecule has 0 aliphatic rings. The minimum absolute atomic E-state index is 0.533. The van der Waals surface area contributed by atoms with Crippen molar-refractivity contribution in [3.63, 3.8) is 0 Å². The number of rotatable bonds is 4. The van der Waals surface area contributed by atoms with Crippen LogP contribution in [0.15, 0.2) is 31.4 Å². The SMILES string of the molecule is C=Cc1cccc(C(=C)C)c1CCC#N. The van der Waals surface area contributed by atoms with Gasteiger partial charge in [0.1, 0.15) is 0 Å². The molecule has 15 heavy (non-hydrogen) atoms. The van der Waals surface area contributed by atoms with Crippen molar-refractivity contribution in [2.75, 3.05) is 0 Å². The first kappa shape index (κ1) is 11.3. The lowest BCUT2D eigenvalue weighted by molar-refractivity contribution is 1.00. The molecule has 1 aromatic carbocycles. The molecule has 0 heterocycles. The molecular formula is C14H15N. The van der Waals surface area contributed by atoms with Gasteiger partial charge in [-0.15, -0.1) is 0 Å². The summed E-state index contributed by atoms with van der Waals surface area (Å²) in [5, 5.41) is 8.62. The van der Waals surface area contributed by atoms with Gasteiger partial charge in [0.25, 0.3) is 0 Å². The molecule has 0 radical (unpaired) electrons. The monoisotopic (exact) mass is 197 g/mol. The Morgan fingerprint density at radius 3 is 2.80 bits per heavy atom. The highest BCUT2D eigenvalue weighted by atomic mass is 14.2. The van der Waals surface area contributed by atoms with Gasteiger partial charge in [-0.3, -0.25) is 0 Å². The van der Waals surface area contributed by atoms with Crippen LogP contribution in [0.4, 0.5) is 0 Å². The fourth-order valence-electron chi connectivity index (χ4n) is 1.66. The van der Waals surface area contributed by atoms with Crippen LogP contribution in [0.25, 0.3) is 11.6 Å². The van der Waals surface area contributed by atoms with Crippen molar-refractivity contribution in [3.05, 3.63) is 48.0 Å². The van der Waals surface area contributed by atoms with Gasteiger partial charge in [-0.2, -0.15) is 5.26 Å². The van der Waals surface area contributed by atoms with Crippen molar-refractivity contribution in [2.24, 2.45) is 0 Å². The van der Waals surface area contributed by atoms with E-state index in [9.17, 15) is 0 Å². The van der Waals surface area contributed by atoms with Crippen LogP contribution < -0.4 is 0 Å². The maximum absolute atomic E-state index is 8.62. The van der Waals surface area contributed by atoms with E-state index in [0.29, 0.717) is 6.42 Å². The van der Waals surface area contributed by atoms with Crippen molar-refractivity contribution in [1.82, 2.24) is 0 Å². The summed E-state index contributed by atoms with van der Waals surface area (Å²) < 4.78 is 0. The molecule has 0 spiro atoms. The highest BCUT2D eigenvalue weighted by Crippen LogP contribution is 2.23. The lowest BCUT2D eigenvalue weighted by Crippen LogP contribution is -1.95. The van der Waals surface area contributed by atoms with Crippen molar-refractivity contribution >= 4 is 11.6 Å². The van der Waals surface area contributed by atoms with E-state index < -0.39 is 0 Å². The Labute approximate surface area is 91.4 Å². The average Bonchev–Trinajstić information content (AvgIpc) is 2.25. The number of nitrogens with zero attached hydrogens (tertiary/aromatic N) is 1. The van der Waals surface area contributed by atoms with E-state index in [0.717, 1.165) is 23.1 Å². The summed E-state index contributed by atoms with van der Waals surface area (Å²) in [5.41, 5.74) is 4.46. The average molecular weight is 197 g/mol. The van der Waals surface area contributed by atoms with E-state index in [2.05, 4.69) is 19.2 Å². The van der Waals surface area contributed by atoms with Crippen LogP contribution in [0, 0.1) is 11.3 Å². The summed E-state index contributed by atoms with van der Waals surface area (Å²) in [4.78, 5) is 0. The van der Waals surface area contributed by atoms with Gasteiger partial charge < -0.3 is 0 Å². The van der Waals surface area contributed by atoms with Crippen molar-refractivity contribution in [1.29, 1.82) is 5.26 Å². The molecule has 0 bridgehead atoms. The molecule has 0 atom stereocenters. The van der Waals surface area contributed by atoms with E-state index in [-0.39, 0.29) is 0 Å². The molecule has 0 fully saturated rings. The molecule has 1 heteroatoms. The largest absolute Gasteiger partial charge is 0.198 e. The first-order chi connectivity index (χ1) is 7.20. The lowest BCUT2D eigenvalue weighted by Gasteiger charge is -2.11. The zero-order chi connectivity index (χ0) is 11.3. The third kappa shape index (κ3) is 2.57. The molecule has 0 saturated carbocycles. The van der Waals surface area contributed by atoms with Gasteiger partial charge in [0.2, 0.25) is 0 Å². The van der Waals surface area contributed by atoms with E-state index >= 15 is 0 Å². The number of hydrogen-bond donors (Lipinski definition) is 0. The van der Waals surface area contributed by atoms with E-state index in [4.69, 9.17) is 5.26 Å². The van der Waals surface area contributed by atoms with Crippen LogP contribution >= 0.6 is 0 Å². The number of hydrogen-bond acceptors (Lipinski definition) is 1. The Hall–Kier alpha value is -1.81. The van der Waals surface area contributed by atoms with Crippen LogP contribution in [0.3, 0.4) is 0 Å². The molecule has 1 rings (SSSR count). The third-order valence-electron chi connectivity index (χ3n) is 2.38. The Morgan fingerprint density at radius 1 is 1.53 bits per heavy atom. The summed E-state index contributed by atoms with van der Waals surface area (Å²) in [6, 6.07) is 8.23. The number of nitriles is 1. The van der Waals surface area contributed by atoms with Crippen LogP contribution in [-0.2, 0) is 6.42 Å². The quantitative estimate of drug-likeness (QED) is 0.719. The molecule has 0 aromatic heterocycles. The Balaban J connectivity index is 3.21. The fraction of sp³-hybridized carbons (Fsp3) is 0.214. The predicted octanol–water partition coefficient (Wildman–Crippen LogP) is 3.82. The first-order valence-corrected chi connectivity index (χ1v) is 4.98. The third-order valence-corrected chi connectivity index (χ3v) is 2.38. The molecule has 1 aromatic rings. The maximum atomic E-state index is 8.62. The van der Waals surface area contributed by atoms with Gasteiger partial charge in [0.15, 0.2) is 0 Å². The van der Waals surface area contributed by atoms with Gasteiger partial charge in [-0.1, -0.05) is 43.0 Å². The molecule has 0 aliphatic carbocycles. The normalized spacial score (nSPS) is 9.33. The Bertz CT molecular complexity index is 421. The van der Waals surface area contributed by atoms with E-state index in [1.54, 1.807) is 0 Å². The second-order valence-electron chi connectivity index (χ2n) is 3.52. The van der Waals surface area contributed by atoms with Gasteiger partial charge >= 0.3 is 0 Å². The molecular weight excluding hydrogens is 182 g/mol. The minimum atomic E-state index is 0.533. The maximum Gasteiger partial charge on any atom is 0.0625 e. The summed E-state index contributed by atoms with van der Waals surface area (Å²) in [6.07, 6.45) is 3.13. The van der Waals surface area contributed by atoms with Crippen molar-refractivity contribution < 1.29 is 0 Å². The van der Waals surface area contributed by atoms with E-state index in [1.165, 1.54) is 5.56 Å². The van der Waals surface area contributed by atoms with Gasteiger partial charge in [-0.25, -0.2) is 0 Å². The fourth-order valence-corrected chi connectivity index (χ4v) is 1.66. The number of allylic oxidation sites excluding steroid dienone is 1. The Morgan fingerprint density at radius 2 is 2.27 bits per heavy atom. The minimum Gasteiger partial charge on any atom is -0.198 e. The molecule has 76 valence electrons. The molecule has 1 nitrogen and oxygen atoms in total. The summed E-state index contributed by atoms with van der Waals surface area (Å²) >= 11 is 0. The topological polar surface area (TPSA) is 23.8 Å². The van der Waals surface area contributed by atoms with Crippen molar-refractivity contribution in [2.45, 2.75) is 19.8 Å². The van der Waals surface area contributed by atoms with Crippen LogP contribution in [-0.4, -0.2) is 0 Å². The highest BCUT2D eigenvalue weighted by Gasteiger charge is 2.06. The Kier molecular flexibility index (Phi) is 3.88. The second kappa shape index (κ2) is 5.17. The summed E-state index contributed by atoms with van der Waals surface area (Å²) in [6.45, 7) is 9.72. The van der Waals surface area contributed by atoms with Crippen molar-refractivity contribution in [3.8, 4) is 6.07 Å². The molecule has 0 amide bonds. The summed E-state index contributed by atoms with van der Waals surface area (Å²) in [5.74, 6) is 0. The van der Waals surface area contributed by atoms with Crippen LogP contribution in [0.2, 0.25) is 0 Å². The van der Waals surface area contributed by atoms with E-state index in [1.807, 2.05) is 31.2 Å².